The van der Waals surface area contributed by atoms with E-state index in [1.165, 1.54) is 37.1 Å². The fraction of sp³-hybridized carbons (Fsp3) is 0.467. The summed E-state index contributed by atoms with van der Waals surface area (Å²) in [6, 6.07) is 3.88. The smallest absolute Gasteiger partial charge is 0.271 e. The molecule has 0 heterocycles. The SMILES string of the molecule is CCSC(C)(C)C(=O)CC(=O)Nc1cc([N+](=O)[O-])ccc1OC. The molecule has 0 aliphatic carbocycles. The molecule has 1 amide bonds. The molecule has 0 radical (unpaired) electrons. The van der Waals surface area contributed by atoms with Crippen molar-refractivity contribution in [1.29, 1.82) is 0 Å². The van der Waals surface area contributed by atoms with Crippen molar-refractivity contribution in [2.75, 3.05) is 18.2 Å². The Morgan fingerprint density at radius 1 is 1.39 bits per heavy atom. The molecule has 0 bridgehead atoms. The number of ether oxygens (including phenoxy) is 1. The summed E-state index contributed by atoms with van der Waals surface area (Å²) in [7, 11) is 1.39. The second-order valence-corrected chi connectivity index (χ2v) is 7.12. The molecule has 0 spiro atoms. The summed E-state index contributed by atoms with van der Waals surface area (Å²) in [5.41, 5.74) is -0.00487. The maximum absolute atomic E-state index is 12.2. The minimum Gasteiger partial charge on any atom is -0.495 e. The third-order valence-corrected chi connectivity index (χ3v) is 4.40. The van der Waals surface area contributed by atoms with Crippen LogP contribution in [0, 0.1) is 10.1 Å². The molecule has 0 atom stereocenters. The van der Waals surface area contributed by atoms with E-state index in [1.54, 1.807) is 13.8 Å². The van der Waals surface area contributed by atoms with Crippen LogP contribution in [0.4, 0.5) is 11.4 Å². The lowest BCUT2D eigenvalue weighted by Gasteiger charge is -2.21. The lowest BCUT2D eigenvalue weighted by molar-refractivity contribution is -0.384. The number of hydrogen-bond donors (Lipinski definition) is 1. The number of nitro groups is 1. The normalized spacial score (nSPS) is 11.0. The Bertz CT molecular complexity index is 616. The summed E-state index contributed by atoms with van der Waals surface area (Å²) in [5, 5.41) is 13.3. The number of Topliss-reactive ketones (excluding diaryl/α,β-unsaturated/α-hetero) is 1. The lowest BCUT2D eigenvalue weighted by atomic mass is 10.0. The van der Waals surface area contributed by atoms with E-state index in [9.17, 15) is 19.7 Å². The van der Waals surface area contributed by atoms with Gasteiger partial charge in [-0.2, -0.15) is 0 Å². The largest absolute Gasteiger partial charge is 0.495 e. The summed E-state index contributed by atoms with van der Waals surface area (Å²) in [5.74, 6) is 0.322. The van der Waals surface area contributed by atoms with Crippen molar-refractivity contribution in [3.05, 3.63) is 28.3 Å². The topological polar surface area (TPSA) is 98.5 Å². The number of carbonyl (C=O) groups excluding carboxylic acids is 2. The molecule has 126 valence electrons. The molecule has 7 nitrogen and oxygen atoms in total. The average Bonchev–Trinajstić information content (AvgIpc) is 2.46. The van der Waals surface area contributed by atoms with Crippen LogP contribution in [-0.2, 0) is 9.59 Å². The molecule has 0 saturated carbocycles. The van der Waals surface area contributed by atoms with Crippen LogP contribution in [0.3, 0.4) is 0 Å². The third-order valence-electron chi connectivity index (χ3n) is 3.17. The van der Waals surface area contributed by atoms with Crippen LogP contribution in [0.15, 0.2) is 18.2 Å². The average molecular weight is 340 g/mol. The Hall–Kier alpha value is -2.09. The van der Waals surface area contributed by atoms with Gasteiger partial charge in [0.05, 0.1) is 28.9 Å². The Morgan fingerprint density at radius 2 is 2.04 bits per heavy atom. The Balaban J connectivity index is 2.86. The van der Waals surface area contributed by atoms with E-state index >= 15 is 0 Å². The van der Waals surface area contributed by atoms with Gasteiger partial charge in [-0.3, -0.25) is 19.7 Å². The van der Waals surface area contributed by atoms with Gasteiger partial charge in [-0.25, -0.2) is 0 Å². The summed E-state index contributed by atoms with van der Waals surface area (Å²) >= 11 is 1.46. The van der Waals surface area contributed by atoms with E-state index in [0.29, 0.717) is 5.75 Å². The first-order valence-electron chi connectivity index (χ1n) is 7.00. The predicted molar refractivity (Wildman–Crippen MR) is 90.1 cm³/mol. The van der Waals surface area contributed by atoms with Crippen LogP contribution < -0.4 is 10.1 Å². The number of hydrogen-bond acceptors (Lipinski definition) is 6. The number of anilines is 1. The van der Waals surface area contributed by atoms with Gasteiger partial charge in [0.2, 0.25) is 5.91 Å². The van der Waals surface area contributed by atoms with Gasteiger partial charge in [0, 0.05) is 12.1 Å². The van der Waals surface area contributed by atoms with Crippen molar-refractivity contribution in [1.82, 2.24) is 0 Å². The lowest BCUT2D eigenvalue weighted by Crippen LogP contribution is -2.31. The molecule has 0 aromatic heterocycles. The molecule has 0 aliphatic rings. The summed E-state index contributed by atoms with van der Waals surface area (Å²) < 4.78 is 4.41. The van der Waals surface area contributed by atoms with Crippen LogP contribution in [0.1, 0.15) is 27.2 Å². The van der Waals surface area contributed by atoms with Gasteiger partial charge in [-0.05, 0) is 25.7 Å². The van der Waals surface area contributed by atoms with Gasteiger partial charge >= 0.3 is 0 Å². The molecular weight excluding hydrogens is 320 g/mol. The van der Waals surface area contributed by atoms with E-state index in [-0.39, 0.29) is 23.6 Å². The Labute approximate surface area is 138 Å². The maximum Gasteiger partial charge on any atom is 0.271 e. The van der Waals surface area contributed by atoms with Gasteiger partial charge in [0.25, 0.3) is 5.69 Å². The second kappa shape index (κ2) is 7.96. The number of benzene rings is 1. The van der Waals surface area contributed by atoms with E-state index in [0.717, 1.165) is 5.75 Å². The maximum atomic E-state index is 12.2. The van der Waals surface area contributed by atoms with Gasteiger partial charge < -0.3 is 10.1 Å². The first-order chi connectivity index (χ1) is 10.7. The number of nitro benzene ring substituents is 1. The second-order valence-electron chi connectivity index (χ2n) is 5.23. The number of nitrogens with zero attached hydrogens (tertiary/aromatic N) is 1. The third kappa shape index (κ3) is 5.24. The zero-order valence-electron chi connectivity index (χ0n) is 13.5. The van der Waals surface area contributed by atoms with E-state index in [1.807, 2.05) is 6.92 Å². The van der Waals surface area contributed by atoms with Crippen molar-refractivity contribution < 1.29 is 19.2 Å². The zero-order chi connectivity index (χ0) is 17.6. The highest BCUT2D eigenvalue weighted by molar-refractivity contribution is 8.01. The fourth-order valence-corrected chi connectivity index (χ4v) is 2.86. The summed E-state index contributed by atoms with van der Waals surface area (Å²) in [4.78, 5) is 34.5. The first-order valence-corrected chi connectivity index (χ1v) is 7.99. The van der Waals surface area contributed by atoms with Crippen molar-refractivity contribution >= 4 is 34.8 Å². The van der Waals surface area contributed by atoms with Gasteiger partial charge in [0.15, 0.2) is 5.78 Å². The number of nitrogens with one attached hydrogen (secondary N) is 1. The zero-order valence-corrected chi connectivity index (χ0v) is 14.4. The number of carbonyl (C=O) groups is 2. The van der Waals surface area contributed by atoms with Gasteiger partial charge in [-0.15, -0.1) is 11.8 Å². The minimum atomic E-state index is -0.654. The van der Waals surface area contributed by atoms with Crippen LogP contribution in [0.2, 0.25) is 0 Å². The molecule has 0 unspecified atom stereocenters. The molecule has 8 heteroatoms. The van der Waals surface area contributed by atoms with Crippen molar-refractivity contribution in [2.45, 2.75) is 31.9 Å². The van der Waals surface area contributed by atoms with E-state index in [4.69, 9.17) is 4.74 Å². The number of amides is 1. The monoisotopic (exact) mass is 340 g/mol. The Morgan fingerprint density at radius 3 is 2.57 bits per heavy atom. The van der Waals surface area contributed by atoms with Crippen LogP contribution in [-0.4, -0.2) is 34.2 Å². The molecule has 1 aromatic carbocycles. The van der Waals surface area contributed by atoms with Crippen LogP contribution in [0.5, 0.6) is 5.75 Å². The number of methoxy groups -OCH3 is 1. The number of non-ortho nitro benzene ring substituents is 1. The number of rotatable bonds is 8. The van der Waals surface area contributed by atoms with E-state index in [2.05, 4.69) is 5.32 Å². The standard InChI is InChI=1S/C15H20N2O5S/c1-5-23-15(2,3)13(18)9-14(19)16-11-8-10(17(20)21)6-7-12(11)22-4/h6-8H,5,9H2,1-4H3,(H,16,19). The fourth-order valence-electron chi connectivity index (χ4n) is 1.90. The number of ketones is 1. The molecule has 0 fully saturated rings. The minimum absolute atomic E-state index is 0.167. The highest BCUT2D eigenvalue weighted by Gasteiger charge is 2.29. The number of thioether (sulfide) groups is 1. The van der Waals surface area contributed by atoms with Crippen LogP contribution in [0.25, 0.3) is 0 Å². The van der Waals surface area contributed by atoms with Crippen molar-refractivity contribution in [2.24, 2.45) is 0 Å². The molecule has 23 heavy (non-hydrogen) atoms. The molecule has 0 saturated heterocycles. The highest BCUT2D eigenvalue weighted by Crippen LogP contribution is 2.30. The molecule has 1 rings (SSSR count). The van der Waals surface area contributed by atoms with E-state index < -0.39 is 15.6 Å². The molecule has 1 N–H and O–H groups in total. The molecule has 1 aromatic rings. The first kappa shape index (κ1) is 19.0. The van der Waals surface area contributed by atoms with Crippen molar-refractivity contribution in [3.8, 4) is 5.75 Å². The summed E-state index contributed by atoms with van der Waals surface area (Å²) in [6.45, 7) is 5.48. The predicted octanol–water partition coefficient (Wildman–Crippen LogP) is 3.03. The Kier molecular flexibility index (Phi) is 6.56. The van der Waals surface area contributed by atoms with Crippen LogP contribution >= 0.6 is 11.8 Å². The summed E-state index contributed by atoms with van der Waals surface area (Å²) in [6.07, 6.45) is -0.300. The highest BCUT2D eigenvalue weighted by atomic mass is 32.2. The molecule has 0 aliphatic heterocycles. The van der Waals surface area contributed by atoms with Gasteiger partial charge in [-0.1, -0.05) is 6.92 Å². The quantitative estimate of drug-likeness (QED) is 0.444. The van der Waals surface area contributed by atoms with Crippen molar-refractivity contribution in [3.63, 3.8) is 0 Å². The molecular formula is C15H20N2O5S. The van der Waals surface area contributed by atoms with Gasteiger partial charge in [0.1, 0.15) is 5.75 Å².